The zero-order valence-corrected chi connectivity index (χ0v) is 10.9. The third-order valence-electron chi connectivity index (χ3n) is 2.36. The van der Waals surface area contributed by atoms with Gasteiger partial charge in [0.05, 0.1) is 9.94 Å². The first-order valence-electron chi connectivity index (χ1n) is 5.21. The second-order valence-corrected chi connectivity index (χ2v) is 6.15. The van der Waals surface area contributed by atoms with Crippen LogP contribution in [0.2, 0.25) is 4.34 Å². The first-order valence-corrected chi connectivity index (χ1v) is 6.41. The summed E-state index contributed by atoms with van der Waals surface area (Å²) in [7, 11) is 0. The van der Waals surface area contributed by atoms with Crippen LogP contribution >= 0.6 is 22.9 Å². The van der Waals surface area contributed by atoms with Gasteiger partial charge in [-0.25, -0.2) is 0 Å². The van der Waals surface area contributed by atoms with Gasteiger partial charge in [-0.05, 0) is 31.9 Å². The van der Waals surface area contributed by atoms with Gasteiger partial charge in [0.2, 0.25) is 0 Å². The smallest absolute Gasteiger partial charge is 0.389 e. The van der Waals surface area contributed by atoms with Crippen LogP contribution in [0.4, 0.5) is 13.2 Å². The molecule has 1 aromatic heterocycles. The predicted molar refractivity (Wildman–Crippen MR) is 63.6 cm³/mol. The van der Waals surface area contributed by atoms with Crippen molar-refractivity contribution in [3.05, 3.63) is 21.3 Å². The minimum Gasteiger partial charge on any atom is -0.390 e. The van der Waals surface area contributed by atoms with Crippen molar-refractivity contribution >= 4 is 22.9 Å². The van der Waals surface area contributed by atoms with Crippen LogP contribution in [-0.2, 0) is 6.42 Å². The lowest BCUT2D eigenvalue weighted by Gasteiger charge is -2.22. The second-order valence-electron chi connectivity index (χ2n) is 4.35. The minimum atomic E-state index is -4.15. The highest BCUT2D eigenvalue weighted by atomic mass is 35.5. The Labute approximate surface area is 107 Å². The molecule has 17 heavy (non-hydrogen) atoms. The van der Waals surface area contributed by atoms with Crippen LogP contribution in [-0.4, -0.2) is 16.9 Å². The number of halogens is 4. The molecule has 0 fully saturated rings. The van der Waals surface area contributed by atoms with E-state index in [-0.39, 0.29) is 12.8 Å². The normalized spacial score (nSPS) is 15.9. The highest BCUT2D eigenvalue weighted by Gasteiger charge is 2.29. The van der Waals surface area contributed by atoms with E-state index in [1.165, 1.54) is 11.3 Å². The van der Waals surface area contributed by atoms with Crippen LogP contribution in [0.1, 0.15) is 31.1 Å². The quantitative estimate of drug-likeness (QED) is 0.849. The van der Waals surface area contributed by atoms with E-state index in [1.54, 1.807) is 19.1 Å². The van der Waals surface area contributed by atoms with Crippen molar-refractivity contribution < 1.29 is 18.3 Å². The van der Waals surface area contributed by atoms with E-state index < -0.39 is 18.2 Å². The molecule has 0 aliphatic rings. The molecule has 1 rings (SSSR count). The third-order valence-corrected chi connectivity index (χ3v) is 3.59. The lowest BCUT2D eigenvalue weighted by molar-refractivity contribution is -0.137. The molecule has 0 aliphatic heterocycles. The van der Waals surface area contributed by atoms with Gasteiger partial charge in [0.1, 0.15) is 0 Å². The molecule has 1 aromatic rings. The zero-order valence-electron chi connectivity index (χ0n) is 9.35. The Morgan fingerprint density at radius 3 is 2.41 bits per heavy atom. The summed E-state index contributed by atoms with van der Waals surface area (Å²) in [5, 5.41) is 9.97. The van der Waals surface area contributed by atoms with E-state index in [1.807, 2.05) is 0 Å². The number of aliphatic hydroxyl groups is 1. The van der Waals surface area contributed by atoms with Crippen LogP contribution in [0, 0.1) is 0 Å². The highest BCUT2D eigenvalue weighted by molar-refractivity contribution is 7.16. The van der Waals surface area contributed by atoms with E-state index in [4.69, 9.17) is 11.6 Å². The molecule has 0 bridgehead atoms. The molecule has 0 saturated heterocycles. The number of rotatable bonds is 5. The molecular weight excluding hydrogens is 273 g/mol. The molecule has 98 valence electrons. The average molecular weight is 287 g/mol. The Balaban J connectivity index is 2.41. The van der Waals surface area contributed by atoms with Crippen LogP contribution < -0.4 is 0 Å². The number of alkyl halides is 3. The first-order chi connectivity index (χ1) is 7.68. The van der Waals surface area contributed by atoms with Crippen LogP contribution in [0.15, 0.2) is 12.1 Å². The summed E-state index contributed by atoms with van der Waals surface area (Å²) in [6.07, 6.45) is -4.60. The Kier molecular flexibility index (Phi) is 4.86. The molecular formula is C11H14ClF3OS. The molecule has 1 atom stereocenters. The second kappa shape index (κ2) is 5.59. The molecule has 1 unspecified atom stereocenters. The molecule has 0 radical (unpaired) electrons. The van der Waals surface area contributed by atoms with Crippen LogP contribution in [0.3, 0.4) is 0 Å². The topological polar surface area (TPSA) is 20.2 Å². The maximum Gasteiger partial charge on any atom is 0.389 e. The summed E-state index contributed by atoms with van der Waals surface area (Å²) in [6, 6.07) is 3.50. The standard InChI is InChI=1S/C11H14ClF3OS/c1-10(16,5-2-6-11(13,14)15)7-8-3-4-9(12)17-8/h3-4,16H,2,5-7H2,1H3. The fourth-order valence-electron chi connectivity index (χ4n) is 1.58. The number of thiophene rings is 1. The van der Waals surface area contributed by atoms with Crippen molar-refractivity contribution in [2.75, 3.05) is 0 Å². The number of hydrogen-bond acceptors (Lipinski definition) is 2. The fourth-order valence-corrected chi connectivity index (χ4v) is 2.85. The van der Waals surface area contributed by atoms with Gasteiger partial charge in [-0.3, -0.25) is 0 Å². The van der Waals surface area contributed by atoms with Gasteiger partial charge in [0.15, 0.2) is 0 Å². The Bertz CT molecular complexity index is 360. The highest BCUT2D eigenvalue weighted by Crippen LogP contribution is 2.29. The van der Waals surface area contributed by atoms with Gasteiger partial charge >= 0.3 is 6.18 Å². The Hall–Kier alpha value is -0.260. The first kappa shape index (κ1) is 14.8. The van der Waals surface area contributed by atoms with Crippen LogP contribution in [0.25, 0.3) is 0 Å². The van der Waals surface area contributed by atoms with E-state index in [2.05, 4.69) is 0 Å². The molecule has 0 aliphatic carbocycles. The van der Waals surface area contributed by atoms with Crippen molar-refractivity contribution in [2.24, 2.45) is 0 Å². The summed E-state index contributed by atoms with van der Waals surface area (Å²) < 4.78 is 36.5. The molecule has 1 heterocycles. The monoisotopic (exact) mass is 286 g/mol. The summed E-state index contributed by atoms with van der Waals surface area (Å²) in [5.41, 5.74) is -1.11. The van der Waals surface area contributed by atoms with Gasteiger partial charge < -0.3 is 5.11 Å². The average Bonchev–Trinajstić information content (AvgIpc) is 2.47. The summed E-state index contributed by atoms with van der Waals surface area (Å²) >= 11 is 7.08. The minimum absolute atomic E-state index is 0.0599. The maximum atomic E-state index is 12.0. The Morgan fingerprint density at radius 2 is 1.94 bits per heavy atom. The molecule has 6 heteroatoms. The van der Waals surface area contributed by atoms with Gasteiger partial charge in [0.25, 0.3) is 0 Å². The summed E-state index contributed by atoms with van der Waals surface area (Å²) in [6.45, 7) is 1.55. The molecule has 0 aromatic carbocycles. The van der Waals surface area contributed by atoms with Crippen molar-refractivity contribution in [1.82, 2.24) is 0 Å². The third kappa shape index (κ3) is 6.29. The van der Waals surface area contributed by atoms with Crippen molar-refractivity contribution in [3.63, 3.8) is 0 Å². The molecule has 0 saturated carbocycles. The van der Waals surface area contributed by atoms with Crippen LogP contribution in [0.5, 0.6) is 0 Å². The van der Waals surface area contributed by atoms with E-state index in [0.29, 0.717) is 10.8 Å². The van der Waals surface area contributed by atoms with E-state index in [9.17, 15) is 18.3 Å². The predicted octanol–water partition coefficient (Wildman–Crippen LogP) is 4.43. The zero-order chi connectivity index (χ0) is 13.1. The van der Waals surface area contributed by atoms with Gasteiger partial charge in [0, 0.05) is 17.7 Å². The lowest BCUT2D eigenvalue weighted by Crippen LogP contribution is -2.27. The molecule has 1 nitrogen and oxygen atoms in total. The Morgan fingerprint density at radius 1 is 1.29 bits per heavy atom. The SMILES string of the molecule is CC(O)(CCCC(F)(F)F)Cc1ccc(Cl)s1. The van der Waals surface area contributed by atoms with Gasteiger partial charge in [-0.2, -0.15) is 13.2 Å². The number of hydrogen-bond donors (Lipinski definition) is 1. The largest absolute Gasteiger partial charge is 0.390 e. The van der Waals surface area contributed by atoms with Crippen molar-refractivity contribution in [2.45, 2.75) is 44.4 Å². The molecule has 1 N–H and O–H groups in total. The lowest BCUT2D eigenvalue weighted by atomic mass is 9.94. The van der Waals surface area contributed by atoms with E-state index in [0.717, 1.165) is 4.88 Å². The van der Waals surface area contributed by atoms with Gasteiger partial charge in [-0.1, -0.05) is 11.6 Å². The summed E-state index contributed by atoms with van der Waals surface area (Å²) in [4.78, 5) is 0.881. The van der Waals surface area contributed by atoms with Gasteiger partial charge in [-0.15, -0.1) is 11.3 Å². The fraction of sp³-hybridized carbons (Fsp3) is 0.636. The van der Waals surface area contributed by atoms with Crippen molar-refractivity contribution in [3.8, 4) is 0 Å². The summed E-state index contributed by atoms with van der Waals surface area (Å²) in [5.74, 6) is 0. The van der Waals surface area contributed by atoms with E-state index >= 15 is 0 Å². The molecule has 0 spiro atoms. The molecule has 0 amide bonds. The maximum absolute atomic E-state index is 12.0. The van der Waals surface area contributed by atoms with Crippen molar-refractivity contribution in [1.29, 1.82) is 0 Å².